The Kier molecular flexibility index (Phi) is 11.0. The summed E-state index contributed by atoms with van der Waals surface area (Å²) < 4.78 is 0. The molecule has 0 fully saturated rings. The molecule has 0 saturated carbocycles. The Morgan fingerprint density at radius 1 is 0.306 bits per heavy atom. The summed E-state index contributed by atoms with van der Waals surface area (Å²) in [7, 11) is 0. The number of aryl methyl sites for hydroxylation is 1. The van der Waals surface area contributed by atoms with Gasteiger partial charge in [0, 0.05) is 34.0 Å². The van der Waals surface area contributed by atoms with Gasteiger partial charge in [0.05, 0.1) is 5.69 Å². The van der Waals surface area contributed by atoms with Gasteiger partial charge in [0.25, 0.3) is 6.71 Å². The molecule has 0 aliphatic carbocycles. The number of rotatable bonds is 7. The minimum absolute atomic E-state index is 0.0592. The van der Waals surface area contributed by atoms with E-state index in [0.29, 0.717) is 0 Å². The first-order valence-corrected chi connectivity index (χ1v) is 25.5. The summed E-state index contributed by atoms with van der Waals surface area (Å²) in [6.45, 7) is 16.2. The molecule has 0 unspecified atom stereocenters. The van der Waals surface area contributed by atoms with Crippen LogP contribution in [0.5, 0.6) is 0 Å². The first kappa shape index (κ1) is 45.0. The van der Waals surface area contributed by atoms with Crippen molar-refractivity contribution in [2.45, 2.75) is 59.3 Å². The van der Waals surface area contributed by atoms with Gasteiger partial charge in [0.15, 0.2) is 0 Å². The third-order valence-electron chi connectivity index (χ3n) is 15.0. The van der Waals surface area contributed by atoms with E-state index in [4.69, 9.17) is 0 Å². The minimum atomic E-state index is -0.0622. The van der Waals surface area contributed by atoms with E-state index in [1.54, 1.807) is 0 Å². The molecule has 0 radical (unpaired) electrons. The molecule has 0 saturated heterocycles. The van der Waals surface area contributed by atoms with Gasteiger partial charge >= 0.3 is 0 Å². The highest BCUT2D eigenvalue weighted by atomic mass is 15.2. The lowest BCUT2D eigenvalue weighted by atomic mass is 9.33. The van der Waals surface area contributed by atoms with Crippen LogP contribution >= 0.6 is 0 Å². The predicted molar refractivity (Wildman–Crippen MR) is 310 cm³/mol. The second kappa shape index (κ2) is 17.6. The fourth-order valence-electron chi connectivity index (χ4n) is 11.2. The normalized spacial score (nSPS) is 12.8. The number of benzene rings is 10. The largest absolute Gasteiger partial charge is 0.311 e. The Labute approximate surface area is 427 Å². The number of fused-ring (bicyclic) bond motifs is 4. The summed E-state index contributed by atoms with van der Waals surface area (Å²) in [5, 5.41) is 0. The van der Waals surface area contributed by atoms with Crippen LogP contribution in [0, 0.1) is 6.92 Å². The lowest BCUT2D eigenvalue weighted by Gasteiger charge is -2.45. The van der Waals surface area contributed by atoms with E-state index in [-0.39, 0.29) is 17.5 Å². The lowest BCUT2D eigenvalue weighted by Crippen LogP contribution is -2.61. The predicted octanol–water partition coefficient (Wildman–Crippen LogP) is 17.0. The van der Waals surface area contributed by atoms with E-state index < -0.39 is 0 Å². The third-order valence-corrected chi connectivity index (χ3v) is 15.0. The summed E-state index contributed by atoms with van der Waals surface area (Å²) in [6, 6.07) is 86.3. The second-order valence-electron chi connectivity index (χ2n) is 21.9. The average Bonchev–Trinajstić information content (AvgIpc) is 3.41. The van der Waals surface area contributed by atoms with Gasteiger partial charge in [0.1, 0.15) is 0 Å². The molecule has 12 rings (SSSR count). The quantitative estimate of drug-likeness (QED) is 0.147. The van der Waals surface area contributed by atoms with Crippen LogP contribution < -0.4 is 26.2 Å². The number of hydrogen-bond acceptors (Lipinski definition) is 2. The maximum absolute atomic E-state index is 2.61. The fraction of sp³-hybridized carbons (Fsp3) is 0.130. The molecular formula is C69H59BN2. The van der Waals surface area contributed by atoms with Crippen molar-refractivity contribution < 1.29 is 0 Å². The first-order valence-electron chi connectivity index (χ1n) is 25.5. The van der Waals surface area contributed by atoms with E-state index >= 15 is 0 Å². The number of nitrogens with zero attached hydrogens (tertiary/aromatic N) is 2. The fourth-order valence-corrected chi connectivity index (χ4v) is 11.2. The molecule has 0 amide bonds. The van der Waals surface area contributed by atoms with Crippen molar-refractivity contribution in [2.75, 3.05) is 9.80 Å². The molecule has 72 heavy (non-hydrogen) atoms. The highest BCUT2D eigenvalue weighted by Gasteiger charge is 2.44. The van der Waals surface area contributed by atoms with Crippen molar-refractivity contribution in [1.82, 2.24) is 0 Å². The van der Waals surface area contributed by atoms with E-state index in [0.717, 1.165) is 11.4 Å². The van der Waals surface area contributed by atoms with E-state index in [1.165, 1.54) is 111 Å². The molecule has 3 heteroatoms. The van der Waals surface area contributed by atoms with Crippen LogP contribution in [0.3, 0.4) is 0 Å². The van der Waals surface area contributed by atoms with Crippen LogP contribution in [-0.4, -0.2) is 6.71 Å². The Hall–Kier alpha value is -8.14. The molecule has 2 nitrogen and oxygen atoms in total. The molecule has 0 spiro atoms. The van der Waals surface area contributed by atoms with Crippen LogP contribution in [0.1, 0.15) is 58.2 Å². The van der Waals surface area contributed by atoms with Crippen LogP contribution in [0.15, 0.2) is 231 Å². The van der Waals surface area contributed by atoms with Crippen molar-refractivity contribution in [3.8, 4) is 55.6 Å². The number of anilines is 6. The highest BCUT2D eigenvalue weighted by Crippen LogP contribution is 2.49. The van der Waals surface area contributed by atoms with Crippen LogP contribution in [0.4, 0.5) is 34.1 Å². The Balaban J connectivity index is 1.17. The molecule has 0 N–H and O–H groups in total. The second-order valence-corrected chi connectivity index (χ2v) is 21.9. The first-order chi connectivity index (χ1) is 34.9. The molecule has 10 aromatic rings. The smallest absolute Gasteiger partial charge is 0.252 e. The summed E-state index contributed by atoms with van der Waals surface area (Å²) in [5.74, 6) is 0. The topological polar surface area (TPSA) is 6.48 Å². The molecule has 348 valence electrons. The molecule has 10 aromatic carbocycles. The zero-order valence-electron chi connectivity index (χ0n) is 42.4. The van der Waals surface area contributed by atoms with Crippen molar-refractivity contribution in [1.29, 1.82) is 0 Å². The minimum Gasteiger partial charge on any atom is -0.311 e. The van der Waals surface area contributed by atoms with E-state index in [1.807, 2.05) is 0 Å². The van der Waals surface area contributed by atoms with Crippen LogP contribution in [-0.2, 0) is 10.8 Å². The van der Waals surface area contributed by atoms with E-state index in [9.17, 15) is 0 Å². The van der Waals surface area contributed by atoms with Gasteiger partial charge in [-0.05, 0) is 149 Å². The lowest BCUT2D eigenvalue weighted by molar-refractivity contribution is 0.569. The van der Waals surface area contributed by atoms with Gasteiger partial charge in [-0.3, -0.25) is 0 Å². The zero-order chi connectivity index (χ0) is 49.3. The molecule has 0 atom stereocenters. The molecular weight excluding hydrogens is 868 g/mol. The summed E-state index contributed by atoms with van der Waals surface area (Å²) in [6.07, 6.45) is 0. The SMILES string of the molecule is Cc1cc2c3c(c1)N(c1ccc(-c4ccccc4)cc1-c1cc(C(C)(C)C)cc(C(C)(C)C)c1)c1ccc(-c4ccccc4)cc1B3c1cc(-c3ccccc3)ccc1N2c1ccc(-c2ccccc2)cc1. The van der Waals surface area contributed by atoms with Gasteiger partial charge in [-0.1, -0.05) is 224 Å². The summed E-state index contributed by atoms with van der Waals surface area (Å²) in [5.41, 5.74) is 26.8. The van der Waals surface area contributed by atoms with Gasteiger partial charge < -0.3 is 9.80 Å². The van der Waals surface area contributed by atoms with Gasteiger partial charge in [-0.2, -0.15) is 0 Å². The molecule has 0 aromatic heterocycles. The van der Waals surface area contributed by atoms with Crippen molar-refractivity contribution >= 4 is 57.2 Å². The van der Waals surface area contributed by atoms with Crippen molar-refractivity contribution in [2.24, 2.45) is 0 Å². The third kappa shape index (κ3) is 8.04. The maximum atomic E-state index is 2.61. The monoisotopic (exact) mass is 926 g/mol. The van der Waals surface area contributed by atoms with Crippen molar-refractivity contribution in [3.05, 3.63) is 247 Å². The maximum Gasteiger partial charge on any atom is 0.252 e. The molecule has 2 aliphatic heterocycles. The Morgan fingerprint density at radius 3 is 1.14 bits per heavy atom. The number of hydrogen-bond donors (Lipinski definition) is 0. The molecule has 2 heterocycles. The van der Waals surface area contributed by atoms with Crippen LogP contribution in [0.2, 0.25) is 0 Å². The van der Waals surface area contributed by atoms with Crippen molar-refractivity contribution in [3.63, 3.8) is 0 Å². The van der Waals surface area contributed by atoms with E-state index in [2.05, 4.69) is 289 Å². The van der Waals surface area contributed by atoms with Gasteiger partial charge in [0.2, 0.25) is 0 Å². The zero-order valence-corrected chi connectivity index (χ0v) is 42.4. The van der Waals surface area contributed by atoms with Gasteiger partial charge in [-0.25, -0.2) is 0 Å². The average molecular weight is 927 g/mol. The Bertz CT molecular complexity index is 3610. The summed E-state index contributed by atoms with van der Waals surface area (Å²) >= 11 is 0. The molecule has 0 bridgehead atoms. The van der Waals surface area contributed by atoms with Gasteiger partial charge in [-0.15, -0.1) is 0 Å². The Morgan fingerprint density at radius 2 is 0.681 bits per heavy atom. The van der Waals surface area contributed by atoms with Crippen LogP contribution in [0.25, 0.3) is 55.6 Å². The highest BCUT2D eigenvalue weighted by molar-refractivity contribution is 7.00. The summed E-state index contributed by atoms with van der Waals surface area (Å²) in [4.78, 5) is 5.15. The molecule has 2 aliphatic rings. The standard InChI is InChI=1S/C69H59BN2/c1-46-38-65-67-66(39-46)72(62-35-30-52(48-22-14-9-15-23-48)42-59(62)55-40-56(68(2,3)4)45-57(41-55)69(5,6)7)64-37-32-54(50-26-18-11-19-27-50)44-61(64)70(67)60-43-53(49-24-16-10-17-25-49)31-36-63(60)71(65)58-33-28-51(29-34-58)47-20-12-8-13-21-47/h8-45H,1-7H3.